The largest absolute Gasteiger partial charge is 2.00 e. The van der Waals surface area contributed by atoms with Crippen LogP contribution in [0.15, 0.2) is 109 Å². The van der Waals surface area contributed by atoms with E-state index in [9.17, 15) is 0 Å². The molecule has 0 saturated carbocycles. The van der Waals surface area contributed by atoms with E-state index in [1.807, 2.05) is 0 Å². The van der Waals surface area contributed by atoms with Crippen molar-refractivity contribution in [3.8, 4) is 22.3 Å². The van der Waals surface area contributed by atoms with Gasteiger partial charge >= 0.3 is 26.2 Å². The minimum absolute atomic E-state index is 0. The molecule has 0 saturated heterocycles. The van der Waals surface area contributed by atoms with Gasteiger partial charge < -0.3 is 0 Å². The molecular weight excluding hydrogens is 600 g/mol. The van der Waals surface area contributed by atoms with Gasteiger partial charge in [-0.05, 0) is 23.0 Å². The second-order valence-electron chi connectivity index (χ2n) is 11.7. The molecule has 0 spiro atoms. The number of benzene rings is 4. The van der Waals surface area contributed by atoms with Gasteiger partial charge in [0.15, 0.2) is 0 Å². The van der Waals surface area contributed by atoms with Crippen LogP contribution in [-0.4, -0.2) is 9.52 Å². The molecule has 212 valence electrons. The Morgan fingerprint density at radius 2 is 0.857 bits per heavy atom. The zero-order chi connectivity index (χ0) is 29.5. The van der Waals surface area contributed by atoms with Gasteiger partial charge in [0, 0.05) is 9.52 Å². The summed E-state index contributed by atoms with van der Waals surface area (Å²) in [6.45, 7) is 17.7. The first-order valence-electron chi connectivity index (χ1n) is 14.8. The molecule has 6 rings (SSSR count). The van der Waals surface area contributed by atoms with Crippen molar-refractivity contribution in [1.29, 1.82) is 0 Å². The predicted molar refractivity (Wildman–Crippen MR) is 185 cm³/mol. The maximum atomic E-state index is 2.35. The molecule has 0 bridgehead atoms. The fourth-order valence-electron chi connectivity index (χ4n) is 5.37. The molecule has 0 atom stereocenters. The monoisotopic (exact) mass is 642 g/mol. The summed E-state index contributed by atoms with van der Waals surface area (Å²) < 4.78 is 0. The first-order valence-corrected chi connectivity index (χ1v) is 16.8. The van der Waals surface area contributed by atoms with Crippen LogP contribution in [0.5, 0.6) is 0 Å². The molecular formula is C40H44SiZr. The smallest absolute Gasteiger partial charge is 0.165 e. The molecule has 2 radical (unpaired) electrons. The molecule has 0 fully saturated rings. The standard InChI is InChI=1S/2C19H19.C2H6Si.Zr/c2*1-13(2)16-11-17-9-14(3)10-18(17)19(12-16)15-7-5-4-6-8-15;1-3-2;/h2*4-13H,1-3H3;1-2H3;/q2*-1;;+2. The summed E-state index contributed by atoms with van der Waals surface area (Å²) in [5.41, 5.74) is 10.8. The van der Waals surface area contributed by atoms with Crippen LogP contribution in [0.25, 0.3) is 43.8 Å². The normalized spacial score (nSPS) is 10.7. The second kappa shape index (κ2) is 15.6. The Morgan fingerprint density at radius 3 is 1.17 bits per heavy atom. The summed E-state index contributed by atoms with van der Waals surface area (Å²) in [5.74, 6) is 1.11. The van der Waals surface area contributed by atoms with Gasteiger partial charge in [0.25, 0.3) is 0 Å². The van der Waals surface area contributed by atoms with Crippen molar-refractivity contribution in [3.63, 3.8) is 0 Å². The average Bonchev–Trinajstić information content (AvgIpc) is 3.54. The van der Waals surface area contributed by atoms with Gasteiger partial charge in [0.2, 0.25) is 0 Å². The van der Waals surface area contributed by atoms with Crippen molar-refractivity contribution >= 4 is 31.1 Å². The van der Waals surface area contributed by atoms with Crippen LogP contribution in [0, 0.1) is 13.8 Å². The number of hydrogen-bond donors (Lipinski definition) is 0. The van der Waals surface area contributed by atoms with E-state index < -0.39 is 0 Å². The van der Waals surface area contributed by atoms with Crippen molar-refractivity contribution in [2.45, 2.75) is 66.5 Å². The van der Waals surface area contributed by atoms with Crippen LogP contribution in [0.2, 0.25) is 13.1 Å². The van der Waals surface area contributed by atoms with Crippen LogP contribution in [0.4, 0.5) is 0 Å². The fourth-order valence-corrected chi connectivity index (χ4v) is 5.37. The molecule has 0 N–H and O–H groups in total. The fraction of sp³-hybridized carbons (Fsp3) is 0.250. The summed E-state index contributed by atoms with van der Waals surface area (Å²) in [7, 11) is 1.08. The Morgan fingerprint density at radius 1 is 0.524 bits per heavy atom. The van der Waals surface area contributed by atoms with Crippen LogP contribution in [0.1, 0.15) is 61.8 Å². The van der Waals surface area contributed by atoms with E-state index in [2.05, 4.69) is 164 Å². The summed E-state index contributed by atoms with van der Waals surface area (Å²) in [6, 6.07) is 39.9. The SMILES string of the molecule is C[Si]C.Cc1cc2c(-c3ccccc3)cc(C(C)C)cc2[cH-]1.Cc1cc2c(-c3ccccc3)cc(C(C)C)cc2[cH-]1.[Zr+2]. The molecule has 0 aliphatic rings. The third-order valence-electron chi connectivity index (χ3n) is 7.48. The molecule has 2 heteroatoms. The summed E-state index contributed by atoms with van der Waals surface area (Å²) in [5, 5.41) is 5.46. The van der Waals surface area contributed by atoms with Crippen molar-refractivity contribution in [2.24, 2.45) is 0 Å². The van der Waals surface area contributed by atoms with Gasteiger partial charge in [-0.15, -0.1) is 56.9 Å². The van der Waals surface area contributed by atoms with Gasteiger partial charge in [-0.25, -0.2) is 0 Å². The molecule has 42 heavy (non-hydrogen) atoms. The van der Waals surface area contributed by atoms with Crippen molar-refractivity contribution in [3.05, 3.63) is 131 Å². The van der Waals surface area contributed by atoms with E-state index in [1.165, 1.54) is 66.1 Å². The van der Waals surface area contributed by atoms with Gasteiger partial charge in [0.1, 0.15) is 0 Å². The Hall–Kier alpha value is -2.80. The van der Waals surface area contributed by atoms with E-state index in [0.29, 0.717) is 11.8 Å². The zero-order valence-electron chi connectivity index (χ0n) is 26.5. The third-order valence-corrected chi connectivity index (χ3v) is 7.48. The number of rotatable bonds is 4. The minimum Gasteiger partial charge on any atom is -0.165 e. The van der Waals surface area contributed by atoms with Gasteiger partial charge in [-0.3, -0.25) is 0 Å². The van der Waals surface area contributed by atoms with Gasteiger partial charge in [0.05, 0.1) is 0 Å². The molecule has 6 aromatic carbocycles. The number of fused-ring (bicyclic) bond motifs is 2. The van der Waals surface area contributed by atoms with E-state index in [-0.39, 0.29) is 26.2 Å². The molecule has 6 aromatic rings. The first-order chi connectivity index (χ1) is 19.7. The Balaban J connectivity index is 0.000000207. The molecule has 0 aliphatic carbocycles. The number of hydrogen-bond acceptors (Lipinski definition) is 0. The molecule has 0 heterocycles. The van der Waals surface area contributed by atoms with E-state index in [1.54, 1.807) is 0 Å². The van der Waals surface area contributed by atoms with Crippen molar-refractivity contribution < 1.29 is 26.2 Å². The summed E-state index contributed by atoms with van der Waals surface area (Å²) >= 11 is 0. The van der Waals surface area contributed by atoms with E-state index in [0.717, 1.165) is 9.52 Å². The van der Waals surface area contributed by atoms with Crippen LogP contribution < -0.4 is 0 Å². The zero-order valence-corrected chi connectivity index (χ0v) is 30.0. The molecule has 0 amide bonds. The predicted octanol–water partition coefficient (Wildman–Crippen LogP) is 12.1. The van der Waals surface area contributed by atoms with Gasteiger partial charge in [-0.1, -0.05) is 150 Å². The topological polar surface area (TPSA) is 0 Å². The van der Waals surface area contributed by atoms with Crippen LogP contribution >= 0.6 is 0 Å². The molecule has 0 aromatic heterocycles. The average molecular weight is 644 g/mol. The van der Waals surface area contributed by atoms with Gasteiger partial charge in [-0.2, -0.15) is 12.1 Å². The van der Waals surface area contributed by atoms with Crippen LogP contribution in [0.3, 0.4) is 0 Å². The van der Waals surface area contributed by atoms with Crippen LogP contribution in [-0.2, 0) is 26.2 Å². The van der Waals surface area contributed by atoms with Crippen molar-refractivity contribution in [2.75, 3.05) is 0 Å². The molecule has 0 nitrogen and oxygen atoms in total. The summed E-state index contributed by atoms with van der Waals surface area (Å²) in [4.78, 5) is 0. The van der Waals surface area contributed by atoms with Crippen molar-refractivity contribution in [1.82, 2.24) is 0 Å². The van der Waals surface area contributed by atoms with E-state index in [4.69, 9.17) is 0 Å². The quantitative estimate of drug-likeness (QED) is 0.132. The number of aryl methyl sites for hydroxylation is 2. The first kappa shape index (κ1) is 33.7. The maximum Gasteiger partial charge on any atom is 2.00 e. The Kier molecular flexibility index (Phi) is 12.5. The second-order valence-corrected chi connectivity index (χ2v) is 12.7. The third kappa shape index (κ3) is 8.18. The Labute approximate surface area is 275 Å². The van der Waals surface area contributed by atoms with E-state index >= 15 is 0 Å². The summed E-state index contributed by atoms with van der Waals surface area (Å²) in [6.07, 6.45) is 0. The molecule has 0 aliphatic heterocycles. The Bertz CT molecular complexity index is 1560. The molecule has 0 unspecified atom stereocenters. The maximum absolute atomic E-state index is 2.35. The minimum atomic E-state index is 0.